The van der Waals surface area contributed by atoms with E-state index in [0.29, 0.717) is 5.75 Å². The Bertz CT molecular complexity index is 759. The highest BCUT2D eigenvalue weighted by molar-refractivity contribution is 5.82. The molecule has 0 bridgehead atoms. The molecule has 2 rings (SSSR count). The second-order valence-electron chi connectivity index (χ2n) is 5.41. The van der Waals surface area contributed by atoms with Gasteiger partial charge in [-0.25, -0.2) is 0 Å². The van der Waals surface area contributed by atoms with Crippen molar-refractivity contribution in [3.8, 4) is 11.8 Å². The molecule has 1 N–H and O–H groups in total. The van der Waals surface area contributed by atoms with Gasteiger partial charge in [0.1, 0.15) is 11.3 Å². The lowest BCUT2D eigenvalue weighted by molar-refractivity contribution is -0.149. The Kier molecular flexibility index (Phi) is 5.68. The molecule has 0 aliphatic heterocycles. The number of fused-ring (bicyclic) bond motifs is 1. The van der Waals surface area contributed by atoms with Gasteiger partial charge in [0.25, 0.3) is 12.2 Å². The standard InChI is InChI=1S/C17H19N3O4/c1-17(10-18,11-22-2)20-15(21)16(23-3)24-13-6-7-14-12(9-13)5-4-8-19-14/h4-9,16H,11H2,1-3H3,(H,20,21). The van der Waals surface area contributed by atoms with Crippen molar-refractivity contribution in [3.05, 3.63) is 36.5 Å². The molecule has 1 aromatic carbocycles. The minimum Gasteiger partial charge on any atom is -0.455 e. The van der Waals surface area contributed by atoms with E-state index in [1.165, 1.54) is 14.2 Å². The molecule has 2 atom stereocenters. The van der Waals surface area contributed by atoms with Crippen molar-refractivity contribution in [2.24, 2.45) is 0 Å². The van der Waals surface area contributed by atoms with Gasteiger partial charge in [0.05, 0.1) is 18.2 Å². The Balaban J connectivity index is 2.12. The van der Waals surface area contributed by atoms with Gasteiger partial charge in [-0.3, -0.25) is 9.78 Å². The molecule has 126 valence electrons. The molecule has 0 saturated carbocycles. The number of carbonyl (C=O) groups is 1. The predicted octanol–water partition coefficient (Wildman–Crippen LogP) is 1.63. The van der Waals surface area contributed by atoms with Crippen LogP contribution in [-0.2, 0) is 14.3 Å². The molecule has 1 heterocycles. The molecular weight excluding hydrogens is 310 g/mol. The fraction of sp³-hybridized carbons (Fsp3) is 0.353. The minimum atomic E-state index is -1.19. The molecule has 0 aliphatic carbocycles. The average Bonchev–Trinajstić information content (AvgIpc) is 2.59. The van der Waals surface area contributed by atoms with E-state index < -0.39 is 17.7 Å². The molecule has 0 radical (unpaired) electrons. The van der Waals surface area contributed by atoms with Crippen LogP contribution in [0.25, 0.3) is 10.9 Å². The van der Waals surface area contributed by atoms with Crippen LogP contribution in [0, 0.1) is 11.3 Å². The number of carbonyl (C=O) groups excluding carboxylic acids is 1. The molecule has 0 aliphatic rings. The molecule has 24 heavy (non-hydrogen) atoms. The van der Waals surface area contributed by atoms with Crippen LogP contribution < -0.4 is 10.1 Å². The van der Waals surface area contributed by atoms with Crippen LogP contribution >= 0.6 is 0 Å². The predicted molar refractivity (Wildman–Crippen MR) is 87.2 cm³/mol. The summed E-state index contributed by atoms with van der Waals surface area (Å²) < 4.78 is 15.6. The zero-order valence-electron chi connectivity index (χ0n) is 13.8. The van der Waals surface area contributed by atoms with Gasteiger partial charge in [-0.1, -0.05) is 6.07 Å². The van der Waals surface area contributed by atoms with Gasteiger partial charge in [-0.15, -0.1) is 0 Å². The van der Waals surface area contributed by atoms with Crippen LogP contribution in [0.3, 0.4) is 0 Å². The molecule has 7 nitrogen and oxygen atoms in total. The average molecular weight is 329 g/mol. The van der Waals surface area contributed by atoms with Crippen LogP contribution in [0.2, 0.25) is 0 Å². The molecular formula is C17H19N3O4. The van der Waals surface area contributed by atoms with Gasteiger partial charge < -0.3 is 19.5 Å². The monoisotopic (exact) mass is 329 g/mol. The van der Waals surface area contributed by atoms with Crippen LogP contribution in [0.15, 0.2) is 36.5 Å². The summed E-state index contributed by atoms with van der Waals surface area (Å²) in [6.45, 7) is 1.61. The Morgan fingerprint density at radius 1 is 1.42 bits per heavy atom. The van der Waals surface area contributed by atoms with E-state index in [4.69, 9.17) is 14.2 Å². The zero-order valence-corrected chi connectivity index (χ0v) is 13.8. The largest absolute Gasteiger partial charge is 0.455 e. The summed E-state index contributed by atoms with van der Waals surface area (Å²) in [6, 6.07) is 11.0. The van der Waals surface area contributed by atoms with Crippen molar-refractivity contribution in [3.63, 3.8) is 0 Å². The first-order chi connectivity index (χ1) is 11.5. The van der Waals surface area contributed by atoms with Gasteiger partial charge >= 0.3 is 0 Å². The third kappa shape index (κ3) is 4.19. The number of hydrogen-bond acceptors (Lipinski definition) is 6. The zero-order chi connectivity index (χ0) is 17.6. The summed E-state index contributed by atoms with van der Waals surface area (Å²) in [5.41, 5.74) is -0.348. The Labute approximate surface area is 140 Å². The third-order valence-electron chi connectivity index (χ3n) is 3.32. The van der Waals surface area contributed by atoms with Gasteiger partial charge in [-0.2, -0.15) is 5.26 Å². The second-order valence-corrected chi connectivity index (χ2v) is 5.41. The summed E-state index contributed by atoms with van der Waals surface area (Å²) in [4.78, 5) is 16.5. The molecule has 0 fully saturated rings. The number of ether oxygens (including phenoxy) is 3. The van der Waals surface area contributed by atoms with E-state index in [1.54, 1.807) is 31.3 Å². The Morgan fingerprint density at radius 3 is 2.88 bits per heavy atom. The van der Waals surface area contributed by atoms with Gasteiger partial charge in [0, 0.05) is 25.8 Å². The Morgan fingerprint density at radius 2 is 2.21 bits per heavy atom. The number of aromatic nitrogens is 1. The first-order valence-corrected chi connectivity index (χ1v) is 7.28. The summed E-state index contributed by atoms with van der Waals surface area (Å²) in [5.74, 6) is -0.104. The molecule has 2 aromatic rings. The smallest absolute Gasteiger partial charge is 0.290 e. The van der Waals surface area contributed by atoms with Crippen molar-refractivity contribution in [1.29, 1.82) is 5.26 Å². The summed E-state index contributed by atoms with van der Waals surface area (Å²) in [6.07, 6.45) is 0.510. The van der Waals surface area contributed by atoms with Crippen molar-refractivity contribution in [2.45, 2.75) is 18.8 Å². The maximum atomic E-state index is 12.3. The highest BCUT2D eigenvalue weighted by Gasteiger charge is 2.31. The number of amides is 1. The first kappa shape index (κ1) is 17.7. The van der Waals surface area contributed by atoms with E-state index in [9.17, 15) is 10.1 Å². The van der Waals surface area contributed by atoms with Crippen LogP contribution in [0.5, 0.6) is 5.75 Å². The second kappa shape index (κ2) is 7.73. The van der Waals surface area contributed by atoms with Crippen molar-refractivity contribution in [1.82, 2.24) is 10.3 Å². The van der Waals surface area contributed by atoms with Gasteiger partial charge in [0.2, 0.25) is 0 Å². The number of nitrogens with zero attached hydrogens (tertiary/aromatic N) is 2. The Hall–Kier alpha value is -2.69. The fourth-order valence-corrected chi connectivity index (χ4v) is 2.18. The number of methoxy groups -OCH3 is 2. The molecule has 1 aromatic heterocycles. The molecule has 0 saturated heterocycles. The third-order valence-corrected chi connectivity index (χ3v) is 3.32. The summed E-state index contributed by atoms with van der Waals surface area (Å²) >= 11 is 0. The number of pyridine rings is 1. The molecule has 2 unspecified atom stereocenters. The number of hydrogen-bond donors (Lipinski definition) is 1. The minimum absolute atomic E-state index is 0.0489. The number of nitriles is 1. The number of nitrogens with one attached hydrogen (secondary N) is 1. The first-order valence-electron chi connectivity index (χ1n) is 7.28. The maximum Gasteiger partial charge on any atom is 0.290 e. The van der Waals surface area contributed by atoms with E-state index >= 15 is 0 Å². The maximum absolute atomic E-state index is 12.3. The lowest BCUT2D eigenvalue weighted by Crippen LogP contribution is -2.53. The lowest BCUT2D eigenvalue weighted by atomic mass is 10.1. The van der Waals surface area contributed by atoms with Crippen molar-refractivity contribution in [2.75, 3.05) is 20.8 Å². The summed E-state index contributed by atoms with van der Waals surface area (Å²) in [7, 11) is 2.81. The van der Waals surface area contributed by atoms with Gasteiger partial charge in [-0.05, 0) is 31.2 Å². The van der Waals surface area contributed by atoms with E-state index in [1.807, 2.05) is 18.2 Å². The van der Waals surface area contributed by atoms with Crippen molar-refractivity contribution >= 4 is 16.8 Å². The van der Waals surface area contributed by atoms with E-state index in [-0.39, 0.29) is 6.61 Å². The van der Waals surface area contributed by atoms with Crippen LogP contribution in [-0.4, -0.2) is 43.5 Å². The summed E-state index contributed by atoms with van der Waals surface area (Å²) in [5, 5.41) is 12.6. The SMILES string of the molecule is COCC(C)(C#N)NC(=O)C(OC)Oc1ccc2ncccc2c1. The normalized spacial score (nSPS) is 14.4. The highest BCUT2D eigenvalue weighted by Crippen LogP contribution is 2.20. The highest BCUT2D eigenvalue weighted by atomic mass is 16.7. The molecule has 0 spiro atoms. The van der Waals surface area contributed by atoms with Gasteiger partial charge in [0.15, 0.2) is 0 Å². The number of rotatable bonds is 7. The van der Waals surface area contributed by atoms with E-state index in [0.717, 1.165) is 10.9 Å². The molecule has 1 amide bonds. The molecule has 7 heteroatoms. The fourth-order valence-electron chi connectivity index (χ4n) is 2.18. The number of benzene rings is 1. The van der Waals surface area contributed by atoms with Crippen LogP contribution in [0.1, 0.15) is 6.92 Å². The van der Waals surface area contributed by atoms with Crippen LogP contribution in [0.4, 0.5) is 0 Å². The van der Waals surface area contributed by atoms with Crippen molar-refractivity contribution < 1.29 is 19.0 Å². The van der Waals surface area contributed by atoms with E-state index in [2.05, 4.69) is 10.3 Å². The topological polar surface area (TPSA) is 93.5 Å². The quantitative estimate of drug-likeness (QED) is 0.776. The lowest BCUT2D eigenvalue weighted by Gasteiger charge is -2.25.